The number of hydrogen-bond donors (Lipinski definition) is 1. The molecule has 2 nitrogen and oxygen atoms in total. The fourth-order valence-electron chi connectivity index (χ4n) is 1.59. The summed E-state index contributed by atoms with van der Waals surface area (Å²) in [5.74, 6) is -0.659. The van der Waals surface area contributed by atoms with Crippen LogP contribution in [0.1, 0.15) is 71.1 Å². The summed E-state index contributed by atoms with van der Waals surface area (Å²) in [6.45, 7) is 2.23. The minimum atomic E-state index is -0.659. The first-order chi connectivity index (χ1) is 6.77. The van der Waals surface area contributed by atoms with E-state index in [1.54, 1.807) is 0 Å². The molecule has 0 fully saturated rings. The number of hydrogen-bond acceptors (Lipinski definition) is 1. The topological polar surface area (TPSA) is 37.3 Å². The van der Waals surface area contributed by atoms with E-state index in [9.17, 15) is 4.79 Å². The quantitative estimate of drug-likeness (QED) is 0.496. The molecule has 0 aromatic rings. The number of aliphatic carboxylic acids is 1. The first-order valence-corrected chi connectivity index (χ1v) is 5.99. The van der Waals surface area contributed by atoms with Crippen molar-refractivity contribution in [2.45, 2.75) is 71.1 Å². The predicted molar refractivity (Wildman–Crippen MR) is 68.0 cm³/mol. The predicted octanol–water partition coefficient (Wildman–Crippen LogP) is 3.08. The fourth-order valence-corrected chi connectivity index (χ4v) is 1.59. The molecule has 0 saturated carbocycles. The molecule has 0 heterocycles. The summed E-state index contributed by atoms with van der Waals surface area (Å²) < 4.78 is 0. The van der Waals surface area contributed by atoms with Gasteiger partial charge in [-0.05, 0) is 6.42 Å². The molecular weight excluding hydrogens is 264 g/mol. The molecule has 0 aliphatic carbocycles. The molecule has 0 aromatic carbocycles. The monoisotopic (exact) mass is 290 g/mol. The molecule has 0 aliphatic heterocycles. The van der Waals surface area contributed by atoms with Crippen molar-refractivity contribution in [2.24, 2.45) is 0 Å². The SMILES string of the molecule is CCCCCCCCCCCC(=O)O.[SrH2]. The van der Waals surface area contributed by atoms with Crippen molar-refractivity contribution in [3.63, 3.8) is 0 Å². The second kappa shape index (κ2) is 15.0. The van der Waals surface area contributed by atoms with Gasteiger partial charge in [0.25, 0.3) is 0 Å². The third kappa shape index (κ3) is 17.6. The molecule has 0 aliphatic rings. The maximum absolute atomic E-state index is 10.2. The summed E-state index contributed by atoms with van der Waals surface area (Å²) in [6.07, 6.45) is 11.5. The van der Waals surface area contributed by atoms with E-state index in [4.69, 9.17) is 5.11 Å². The molecule has 3 heteroatoms. The molecular formula is C12H26O2Sr. The van der Waals surface area contributed by atoms with Crippen LogP contribution in [0.3, 0.4) is 0 Å². The van der Waals surface area contributed by atoms with Gasteiger partial charge in [0, 0.05) is 6.42 Å². The van der Waals surface area contributed by atoms with Crippen LogP contribution in [0.5, 0.6) is 0 Å². The minimum absolute atomic E-state index is 0. The second-order valence-corrected chi connectivity index (χ2v) is 3.97. The van der Waals surface area contributed by atoms with E-state index in [1.165, 1.54) is 44.9 Å². The molecule has 1 N–H and O–H groups in total. The van der Waals surface area contributed by atoms with Gasteiger partial charge in [-0.15, -0.1) is 0 Å². The zero-order valence-corrected chi connectivity index (χ0v) is 9.43. The van der Waals surface area contributed by atoms with Gasteiger partial charge in [0.15, 0.2) is 0 Å². The van der Waals surface area contributed by atoms with Crippen molar-refractivity contribution >= 4 is 51.5 Å². The average molecular weight is 290 g/mol. The standard InChI is InChI=1S/C12H24O2.Sr.2H/c1-2-3-4-5-6-7-8-9-10-11-12(13)14;;;/h2-11H2,1H3,(H,13,14);;;. The van der Waals surface area contributed by atoms with Gasteiger partial charge in [-0.3, -0.25) is 4.79 Å². The summed E-state index contributed by atoms with van der Waals surface area (Å²) in [5, 5.41) is 8.41. The Bertz CT molecular complexity index is 138. The van der Waals surface area contributed by atoms with E-state index in [1.807, 2.05) is 0 Å². The Labute approximate surface area is 131 Å². The number of carboxylic acids is 1. The van der Waals surface area contributed by atoms with Crippen LogP contribution in [0.2, 0.25) is 0 Å². The van der Waals surface area contributed by atoms with Crippen LogP contribution >= 0.6 is 0 Å². The first kappa shape index (κ1) is 18.3. The number of unbranched alkanes of at least 4 members (excludes halogenated alkanes) is 8. The number of carboxylic acid groups (broad SMARTS) is 1. The number of rotatable bonds is 10. The summed E-state index contributed by atoms with van der Waals surface area (Å²) in [5.41, 5.74) is 0. The molecule has 0 aromatic heterocycles. The fraction of sp³-hybridized carbons (Fsp3) is 0.917. The molecule has 0 rings (SSSR count). The van der Waals surface area contributed by atoms with Crippen molar-refractivity contribution < 1.29 is 9.90 Å². The Morgan fingerprint density at radius 3 is 1.67 bits per heavy atom. The molecule has 88 valence electrons. The van der Waals surface area contributed by atoms with E-state index in [2.05, 4.69) is 6.92 Å². The Kier molecular flexibility index (Phi) is 18.3. The maximum atomic E-state index is 10.2. The van der Waals surface area contributed by atoms with Crippen LogP contribution in [-0.2, 0) is 4.79 Å². The normalized spacial score (nSPS) is 9.67. The molecule has 0 radical (unpaired) electrons. The average Bonchev–Trinajstić information content (AvgIpc) is 2.15. The van der Waals surface area contributed by atoms with Gasteiger partial charge in [0.1, 0.15) is 0 Å². The van der Waals surface area contributed by atoms with Crippen molar-refractivity contribution in [1.29, 1.82) is 0 Å². The van der Waals surface area contributed by atoms with Crippen LogP contribution < -0.4 is 0 Å². The van der Waals surface area contributed by atoms with Crippen LogP contribution in [0.25, 0.3) is 0 Å². The Morgan fingerprint density at radius 1 is 0.867 bits per heavy atom. The Hall–Kier alpha value is 0.951. The Morgan fingerprint density at radius 2 is 1.27 bits per heavy atom. The van der Waals surface area contributed by atoms with E-state index in [-0.39, 0.29) is 45.5 Å². The number of carbonyl (C=O) groups is 1. The summed E-state index contributed by atoms with van der Waals surface area (Å²) in [7, 11) is 0. The van der Waals surface area contributed by atoms with Crippen molar-refractivity contribution in [3.05, 3.63) is 0 Å². The van der Waals surface area contributed by atoms with Crippen LogP contribution in [0, 0.1) is 0 Å². The van der Waals surface area contributed by atoms with Crippen molar-refractivity contribution in [1.82, 2.24) is 0 Å². The van der Waals surface area contributed by atoms with Crippen LogP contribution in [0.15, 0.2) is 0 Å². The van der Waals surface area contributed by atoms with E-state index in [0.29, 0.717) is 6.42 Å². The van der Waals surface area contributed by atoms with Crippen molar-refractivity contribution in [3.8, 4) is 0 Å². The third-order valence-electron chi connectivity index (χ3n) is 2.49. The summed E-state index contributed by atoms with van der Waals surface area (Å²) >= 11 is 0. The van der Waals surface area contributed by atoms with Crippen molar-refractivity contribution in [2.75, 3.05) is 0 Å². The van der Waals surface area contributed by atoms with Gasteiger partial charge in [-0.1, -0.05) is 58.3 Å². The van der Waals surface area contributed by atoms with Gasteiger partial charge in [0.2, 0.25) is 0 Å². The van der Waals surface area contributed by atoms with Gasteiger partial charge in [0.05, 0.1) is 0 Å². The molecule has 0 bridgehead atoms. The van der Waals surface area contributed by atoms with Gasteiger partial charge < -0.3 is 5.11 Å². The molecule has 15 heavy (non-hydrogen) atoms. The van der Waals surface area contributed by atoms with Crippen LogP contribution in [0.4, 0.5) is 0 Å². The van der Waals surface area contributed by atoms with Gasteiger partial charge in [-0.25, -0.2) is 0 Å². The molecule has 0 unspecified atom stereocenters. The van der Waals surface area contributed by atoms with E-state index >= 15 is 0 Å². The first-order valence-electron chi connectivity index (χ1n) is 5.99. The van der Waals surface area contributed by atoms with Gasteiger partial charge >= 0.3 is 51.5 Å². The molecule has 0 amide bonds. The van der Waals surface area contributed by atoms with Gasteiger partial charge in [-0.2, -0.15) is 0 Å². The Balaban J connectivity index is 0. The second-order valence-electron chi connectivity index (χ2n) is 3.97. The summed E-state index contributed by atoms with van der Waals surface area (Å²) in [4.78, 5) is 10.2. The van der Waals surface area contributed by atoms with E-state index in [0.717, 1.165) is 12.8 Å². The summed E-state index contributed by atoms with van der Waals surface area (Å²) in [6, 6.07) is 0. The zero-order valence-electron chi connectivity index (χ0n) is 9.43. The zero-order chi connectivity index (χ0) is 10.6. The molecule has 0 spiro atoms. The molecule has 0 saturated heterocycles. The third-order valence-corrected chi connectivity index (χ3v) is 2.49. The van der Waals surface area contributed by atoms with Crippen LogP contribution in [-0.4, -0.2) is 56.6 Å². The van der Waals surface area contributed by atoms with E-state index < -0.39 is 5.97 Å². The molecule has 0 atom stereocenters.